The lowest BCUT2D eigenvalue weighted by Gasteiger charge is -2.08. The molecule has 0 atom stereocenters. The predicted octanol–water partition coefficient (Wildman–Crippen LogP) is 3.75. The molecule has 3 aromatic rings. The fraction of sp³-hybridized carbons (Fsp3) is 0.167. The van der Waals surface area contributed by atoms with Crippen molar-refractivity contribution >= 4 is 21.6 Å². The largest absolute Gasteiger partial charge is 0.295 e. The van der Waals surface area contributed by atoms with Crippen molar-refractivity contribution in [2.75, 3.05) is 11.5 Å². The Morgan fingerprint density at radius 1 is 1.04 bits per heavy atom. The second-order valence-corrected chi connectivity index (χ2v) is 8.57. The standard InChI is InChI=1S/C18H18N2O2S2/c1-15-7-9-17(10-8-15)24(21,22)14-13-23-18-19-11-12-20(18)16-5-3-2-4-6-16/h2-12H,13-14H2,1H3. The molecular weight excluding hydrogens is 340 g/mol. The zero-order valence-corrected chi connectivity index (χ0v) is 14.9. The zero-order chi connectivity index (χ0) is 17.0. The third-order valence-electron chi connectivity index (χ3n) is 3.60. The van der Waals surface area contributed by atoms with Gasteiger partial charge in [0.25, 0.3) is 0 Å². The second-order valence-electron chi connectivity index (χ2n) is 5.40. The number of rotatable bonds is 6. The monoisotopic (exact) mass is 358 g/mol. The van der Waals surface area contributed by atoms with Crippen molar-refractivity contribution in [1.29, 1.82) is 0 Å². The van der Waals surface area contributed by atoms with Crippen molar-refractivity contribution in [3.63, 3.8) is 0 Å². The number of thioether (sulfide) groups is 1. The van der Waals surface area contributed by atoms with Crippen molar-refractivity contribution in [1.82, 2.24) is 9.55 Å². The molecule has 0 aliphatic heterocycles. The number of aromatic nitrogens is 2. The molecule has 0 radical (unpaired) electrons. The van der Waals surface area contributed by atoms with Crippen LogP contribution in [0.2, 0.25) is 0 Å². The Balaban J connectivity index is 1.67. The molecule has 0 saturated carbocycles. The quantitative estimate of drug-likeness (QED) is 0.630. The maximum absolute atomic E-state index is 12.4. The number of nitrogens with zero attached hydrogens (tertiary/aromatic N) is 2. The minimum absolute atomic E-state index is 0.0857. The van der Waals surface area contributed by atoms with Gasteiger partial charge >= 0.3 is 0 Å². The van der Waals surface area contributed by atoms with Gasteiger partial charge in [0.2, 0.25) is 0 Å². The van der Waals surface area contributed by atoms with Crippen molar-refractivity contribution in [3.8, 4) is 5.69 Å². The number of aryl methyl sites for hydroxylation is 1. The molecule has 0 aliphatic carbocycles. The van der Waals surface area contributed by atoms with E-state index in [9.17, 15) is 8.42 Å². The smallest absolute Gasteiger partial charge is 0.179 e. The summed E-state index contributed by atoms with van der Waals surface area (Å²) >= 11 is 1.45. The van der Waals surface area contributed by atoms with Gasteiger partial charge in [0, 0.05) is 23.8 Å². The fourth-order valence-corrected chi connectivity index (χ4v) is 4.91. The van der Waals surface area contributed by atoms with E-state index in [1.165, 1.54) is 11.8 Å². The molecule has 2 aromatic carbocycles. The maximum atomic E-state index is 12.4. The molecule has 0 amide bonds. The maximum Gasteiger partial charge on any atom is 0.179 e. The van der Waals surface area contributed by atoms with Gasteiger partial charge in [0.05, 0.1) is 10.6 Å². The lowest BCUT2D eigenvalue weighted by Crippen LogP contribution is -2.09. The molecule has 0 bridgehead atoms. The first-order chi connectivity index (χ1) is 11.6. The number of hydrogen-bond acceptors (Lipinski definition) is 4. The van der Waals surface area contributed by atoms with Crippen LogP contribution >= 0.6 is 11.8 Å². The fourth-order valence-electron chi connectivity index (χ4n) is 2.29. The molecule has 1 aromatic heterocycles. The van der Waals surface area contributed by atoms with E-state index in [1.54, 1.807) is 18.3 Å². The normalized spacial score (nSPS) is 11.5. The van der Waals surface area contributed by atoms with E-state index >= 15 is 0 Å². The van der Waals surface area contributed by atoms with Crippen molar-refractivity contribution in [3.05, 3.63) is 72.6 Å². The lowest BCUT2D eigenvalue weighted by molar-refractivity contribution is 0.597. The Bertz CT molecular complexity index is 902. The average Bonchev–Trinajstić information content (AvgIpc) is 3.04. The molecule has 124 valence electrons. The molecule has 0 N–H and O–H groups in total. The molecule has 24 heavy (non-hydrogen) atoms. The number of sulfone groups is 1. The van der Waals surface area contributed by atoms with Crippen molar-refractivity contribution < 1.29 is 8.42 Å². The molecule has 1 heterocycles. The van der Waals surface area contributed by atoms with E-state index in [0.717, 1.165) is 16.4 Å². The van der Waals surface area contributed by atoms with Gasteiger partial charge in [0.1, 0.15) is 0 Å². The van der Waals surface area contributed by atoms with Crippen LogP contribution in [0.25, 0.3) is 5.69 Å². The number of benzene rings is 2. The van der Waals surface area contributed by atoms with Crippen LogP contribution in [0.1, 0.15) is 5.56 Å². The van der Waals surface area contributed by atoms with Crippen LogP contribution < -0.4 is 0 Å². The van der Waals surface area contributed by atoms with Crippen LogP contribution in [0, 0.1) is 6.92 Å². The number of para-hydroxylation sites is 1. The predicted molar refractivity (Wildman–Crippen MR) is 97.5 cm³/mol. The highest BCUT2D eigenvalue weighted by Gasteiger charge is 2.15. The Hall–Kier alpha value is -2.05. The van der Waals surface area contributed by atoms with Gasteiger partial charge in [-0.05, 0) is 31.2 Å². The summed E-state index contributed by atoms with van der Waals surface area (Å²) in [5.74, 6) is 0.544. The summed E-state index contributed by atoms with van der Waals surface area (Å²) in [4.78, 5) is 4.70. The minimum Gasteiger partial charge on any atom is -0.295 e. The van der Waals surface area contributed by atoms with E-state index in [2.05, 4.69) is 4.98 Å². The highest BCUT2D eigenvalue weighted by Crippen LogP contribution is 2.22. The molecule has 0 unspecified atom stereocenters. The lowest BCUT2D eigenvalue weighted by atomic mass is 10.2. The summed E-state index contributed by atoms with van der Waals surface area (Å²) in [6.07, 6.45) is 3.61. The molecule has 0 spiro atoms. The van der Waals surface area contributed by atoms with Crippen LogP contribution in [0.3, 0.4) is 0 Å². The third-order valence-corrected chi connectivity index (χ3v) is 6.56. The number of imidazole rings is 1. The molecule has 0 saturated heterocycles. The highest BCUT2D eigenvalue weighted by atomic mass is 32.2. The molecule has 6 heteroatoms. The molecule has 0 fully saturated rings. The summed E-state index contributed by atoms with van der Waals surface area (Å²) in [7, 11) is -3.27. The first-order valence-electron chi connectivity index (χ1n) is 7.57. The molecular formula is C18H18N2O2S2. The Morgan fingerprint density at radius 2 is 1.75 bits per heavy atom. The van der Waals surface area contributed by atoms with Crippen molar-refractivity contribution in [2.24, 2.45) is 0 Å². The van der Waals surface area contributed by atoms with E-state index in [-0.39, 0.29) is 5.75 Å². The average molecular weight is 358 g/mol. The summed E-state index contributed by atoms with van der Waals surface area (Å²) in [6, 6.07) is 16.9. The zero-order valence-electron chi connectivity index (χ0n) is 13.3. The topological polar surface area (TPSA) is 52.0 Å². The Kier molecular flexibility index (Phi) is 5.06. The van der Waals surface area contributed by atoms with Gasteiger partial charge in [0.15, 0.2) is 15.0 Å². The van der Waals surface area contributed by atoms with Crippen LogP contribution in [-0.4, -0.2) is 29.5 Å². The van der Waals surface area contributed by atoms with E-state index in [1.807, 2.05) is 60.2 Å². The van der Waals surface area contributed by atoms with E-state index in [4.69, 9.17) is 0 Å². The van der Waals surface area contributed by atoms with Gasteiger partial charge in [-0.25, -0.2) is 13.4 Å². The Labute approximate surface area is 146 Å². The first-order valence-corrected chi connectivity index (χ1v) is 10.2. The second kappa shape index (κ2) is 7.23. The van der Waals surface area contributed by atoms with E-state index in [0.29, 0.717) is 10.6 Å². The van der Waals surface area contributed by atoms with Crippen molar-refractivity contribution in [2.45, 2.75) is 17.0 Å². The summed E-state index contributed by atoms with van der Waals surface area (Å²) in [6.45, 7) is 1.94. The molecule has 4 nitrogen and oxygen atoms in total. The van der Waals surface area contributed by atoms with Gasteiger partial charge in [-0.1, -0.05) is 47.7 Å². The third kappa shape index (κ3) is 3.88. The SMILES string of the molecule is Cc1ccc(S(=O)(=O)CCSc2nccn2-c2ccccc2)cc1. The van der Waals surface area contributed by atoms with Crippen LogP contribution in [0.4, 0.5) is 0 Å². The molecule has 3 rings (SSSR count). The highest BCUT2D eigenvalue weighted by molar-refractivity contribution is 8.00. The van der Waals surface area contributed by atoms with Gasteiger partial charge < -0.3 is 0 Å². The van der Waals surface area contributed by atoms with Gasteiger partial charge in [-0.2, -0.15) is 0 Å². The summed E-state index contributed by atoms with van der Waals surface area (Å²) < 4.78 is 26.7. The van der Waals surface area contributed by atoms with Gasteiger partial charge in [-0.3, -0.25) is 4.57 Å². The summed E-state index contributed by atoms with van der Waals surface area (Å²) in [5, 5.41) is 0.792. The summed E-state index contributed by atoms with van der Waals surface area (Å²) in [5.41, 5.74) is 2.06. The van der Waals surface area contributed by atoms with Gasteiger partial charge in [-0.15, -0.1) is 0 Å². The van der Waals surface area contributed by atoms with Crippen LogP contribution in [0.5, 0.6) is 0 Å². The Morgan fingerprint density at radius 3 is 2.46 bits per heavy atom. The minimum atomic E-state index is -3.27. The van der Waals surface area contributed by atoms with E-state index < -0.39 is 9.84 Å². The first kappa shape index (κ1) is 16.8. The number of hydrogen-bond donors (Lipinski definition) is 0. The van der Waals surface area contributed by atoms with Crippen LogP contribution in [-0.2, 0) is 9.84 Å². The molecule has 0 aliphatic rings. The van der Waals surface area contributed by atoms with Crippen LogP contribution in [0.15, 0.2) is 77.0 Å².